The number of aliphatic imine (C=N–C) groups is 1. The lowest BCUT2D eigenvalue weighted by Crippen LogP contribution is -2.40. The number of hydrogen-bond donors (Lipinski definition) is 2. The van der Waals surface area contributed by atoms with Crippen LogP contribution < -0.4 is 10.1 Å². The quantitative estimate of drug-likeness (QED) is 0.221. The van der Waals surface area contributed by atoms with Crippen molar-refractivity contribution in [3.63, 3.8) is 0 Å². The predicted octanol–water partition coefficient (Wildman–Crippen LogP) is 4.64. The molecule has 2 aromatic carbocycles. The number of likely N-dealkylation sites (tertiary alicyclic amines) is 1. The summed E-state index contributed by atoms with van der Waals surface area (Å²) in [4.78, 5) is 8.52. The van der Waals surface area contributed by atoms with Gasteiger partial charge >= 0.3 is 0 Å². The SMILES string of the molecule is CCNC(=NCCc1cccc(OC)c1O)N1CCC(CSc2ccccc2)C1.I. The minimum atomic E-state index is 0. The number of phenols is 1. The van der Waals surface area contributed by atoms with E-state index in [1.165, 1.54) is 11.3 Å². The van der Waals surface area contributed by atoms with Gasteiger partial charge in [0.2, 0.25) is 0 Å². The molecule has 0 radical (unpaired) electrons. The molecule has 30 heavy (non-hydrogen) atoms. The van der Waals surface area contributed by atoms with Crippen LogP contribution in [0.2, 0.25) is 0 Å². The second kappa shape index (κ2) is 12.9. The fraction of sp³-hybridized carbons (Fsp3) is 0.435. The van der Waals surface area contributed by atoms with E-state index >= 15 is 0 Å². The van der Waals surface area contributed by atoms with Gasteiger partial charge in [-0.1, -0.05) is 30.3 Å². The molecular formula is C23H32IN3O2S. The molecule has 1 heterocycles. The average Bonchev–Trinajstić information content (AvgIpc) is 3.22. The maximum atomic E-state index is 10.3. The number of nitrogens with one attached hydrogen (secondary N) is 1. The number of halogens is 1. The number of thioether (sulfide) groups is 1. The molecule has 1 atom stereocenters. The van der Waals surface area contributed by atoms with Crippen molar-refractivity contribution >= 4 is 41.7 Å². The van der Waals surface area contributed by atoms with E-state index in [2.05, 4.69) is 47.5 Å². The molecule has 2 aromatic rings. The van der Waals surface area contributed by atoms with Crippen molar-refractivity contribution in [3.8, 4) is 11.5 Å². The third kappa shape index (κ3) is 6.97. The van der Waals surface area contributed by atoms with Crippen molar-refractivity contribution in [2.45, 2.75) is 24.7 Å². The molecule has 0 aromatic heterocycles. The van der Waals surface area contributed by atoms with E-state index in [4.69, 9.17) is 9.73 Å². The standard InChI is InChI=1S/C23H31N3O2S.HI/c1-3-24-23(25-14-12-19-8-7-11-21(28-2)22(19)27)26-15-13-18(16-26)17-29-20-9-5-4-6-10-20;/h4-11,18,27H,3,12-17H2,1-2H3,(H,24,25);1H. The van der Waals surface area contributed by atoms with Crippen LogP contribution in [0.1, 0.15) is 18.9 Å². The molecule has 7 heteroatoms. The third-order valence-electron chi connectivity index (χ3n) is 5.09. The van der Waals surface area contributed by atoms with Crippen LogP contribution in [0.4, 0.5) is 0 Å². The Morgan fingerprint density at radius 2 is 2.03 bits per heavy atom. The first-order chi connectivity index (χ1) is 14.2. The summed E-state index contributed by atoms with van der Waals surface area (Å²) >= 11 is 1.94. The van der Waals surface area contributed by atoms with E-state index in [1.54, 1.807) is 13.2 Å². The smallest absolute Gasteiger partial charge is 0.193 e. The molecular weight excluding hydrogens is 509 g/mol. The van der Waals surface area contributed by atoms with Crippen LogP contribution in [-0.4, -0.2) is 55.0 Å². The lowest BCUT2D eigenvalue weighted by Gasteiger charge is -2.21. The topological polar surface area (TPSA) is 57.1 Å². The molecule has 3 rings (SSSR count). The second-order valence-corrected chi connectivity index (χ2v) is 8.27. The number of hydrogen-bond acceptors (Lipinski definition) is 4. The van der Waals surface area contributed by atoms with Crippen LogP contribution >= 0.6 is 35.7 Å². The summed E-state index contributed by atoms with van der Waals surface area (Å²) in [7, 11) is 1.57. The zero-order chi connectivity index (χ0) is 20.5. The Morgan fingerprint density at radius 1 is 1.23 bits per heavy atom. The number of rotatable bonds is 8. The van der Waals surface area contributed by atoms with Crippen molar-refractivity contribution in [3.05, 3.63) is 54.1 Å². The lowest BCUT2D eigenvalue weighted by molar-refractivity contribution is 0.370. The Labute approximate surface area is 201 Å². The van der Waals surface area contributed by atoms with Gasteiger partial charge < -0.3 is 20.1 Å². The van der Waals surface area contributed by atoms with Crippen LogP contribution in [0.25, 0.3) is 0 Å². The highest BCUT2D eigenvalue weighted by molar-refractivity contribution is 14.0. The maximum Gasteiger partial charge on any atom is 0.193 e. The first-order valence-corrected chi connectivity index (χ1v) is 11.3. The largest absolute Gasteiger partial charge is 0.504 e. The molecule has 0 saturated carbocycles. The fourth-order valence-corrected chi connectivity index (χ4v) is 4.58. The van der Waals surface area contributed by atoms with Crippen LogP contribution in [0.3, 0.4) is 0 Å². The zero-order valence-corrected chi connectivity index (χ0v) is 20.9. The summed E-state index contributed by atoms with van der Waals surface area (Å²) in [5, 5.41) is 13.7. The van der Waals surface area contributed by atoms with Gasteiger partial charge in [-0.3, -0.25) is 4.99 Å². The molecule has 1 saturated heterocycles. The van der Waals surface area contributed by atoms with Gasteiger partial charge in [0, 0.05) is 36.8 Å². The Bertz CT molecular complexity index is 804. The first kappa shape index (κ1) is 24.7. The minimum Gasteiger partial charge on any atom is -0.504 e. The number of aromatic hydroxyl groups is 1. The zero-order valence-electron chi connectivity index (χ0n) is 17.7. The highest BCUT2D eigenvalue weighted by Crippen LogP contribution is 2.29. The number of guanidine groups is 1. The number of phenolic OH excluding ortho intramolecular Hbond substituents is 1. The van der Waals surface area contributed by atoms with Gasteiger partial charge in [0.1, 0.15) is 0 Å². The van der Waals surface area contributed by atoms with E-state index in [1.807, 2.05) is 23.9 Å². The number of ether oxygens (including phenoxy) is 1. The Hall–Kier alpha value is -1.61. The summed E-state index contributed by atoms with van der Waals surface area (Å²) in [6.45, 7) is 5.65. The molecule has 2 N–H and O–H groups in total. The molecule has 0 spiro atoms. The van der Waals surface area contributed by atoms with E-state index in [0.29, 0.717) is 24.6 Å². The van der Waals surface area contributed by atoms with Gasteiger partial charge in [-0.15, -0.1) is 35.7 Å². The number of methoxy groups -OCH3 is 1. The van der Waals surface area contributed by atoms with Crippen LogP contribution in [0.5, 0.6) is 11.5 Å². The molecule has 0 aliphatic carbocycles. The number of benzene rings is 2. The van der Waals surface area contributed by atoms with Gasteiger partial charge in [-0.25, -0.2) is 0 Å². The summed E-state index contributed by atoms with van der Waals surface area (Å²) < 4.78 is 5.19. The Balaban J connectivity index is 0.00000320. The van der Waals surface area contributed by atoms with E-state index in [-0.39, 0.29) is 29.7 Å². The maximum absolute atomic E-state index is 10.3. The van der Waals surface area contributed by atoms with Crippen molar-refractivity contribution in [1.82, 2.24) is 10.2 Å². The van der Waals surface area contributed by atoms with Gasteiger partial charge in [0.05, 0.1) is 7.11 Å². The van der Waals surface area contributed by atoms with Crippen molar-refractivity contribution in [1.29, 1.82) is 0 Å². The highest BCUT2D eigenvalue weighted by Gasteiger charge is 2.24. The number of nitrogens with zero attached hydrogens (tertiary/aromatic N) is 2. The average molecular weight is 541 g/mol. The van der Waals surface area contributed by atoms with Crippen molar-refractivity contribution < 1.29 is 9.84 Å². The summed E-state index contributed by atoms with van der Waals surface area (Å²) in [5.74, 6) is 3.51. The molecule has 1 aliphatic rings. The summed E-state index contributed by atoms with van der Waals surface area (Å²) in [6, 6.07) is 16.2. The third-order valence-corrected chi connectivity index (χ3v) is 6.34. The molecule has 0 bridgehead atoms. The molecule has 164 valence electrons. The Morgan fingerprint density at radius 3 is 2.77 bits per heavy atom. The minimum absolute atomic E-state index is 0. The normalized spacial score (nSPS) is 16.3. The summed E-state index contributed by atoms with van der Waals surface area (Å²) in [6.07, 6.45) is 1.87. The van der Waals surface area contributed by atoms with E-state index < -0.39 is 0 Å². The fourth-order valence-electron chi connectivity index (χ4n) is 3.53. The molecule has 1 fully saturated rings. The van der Waals surface area contributed by atoms with E-state index in [9.17, 15) is 5.11 Å². The monoisotopic (exact) mass is 541 g/mol. The van der Waals surface area contributed by atoms with Crippen LogP contribution in [0.15, 0.2) is 58.4 Å². The van der Waals surface area contributed by atoms with Gasteiger partial charge in [0.15, 0.2) is 17.5 Å². The second-order valence-electron chi connectivity index (χ2n) is 7.18. The van der Waals surface area contributed by atoms with E-state index in [0.717, 1.165) is 36.9 Å². The highest BCUT2D eigenvalue weighted by atomic mass is 127. The predicted molar refractivity (Wildman–Crippen MR) is 137 cm³/mol. The molecule has 1 aliphatic heterocycles. The van der Waals surface area contributed by atoms with Gasteiger partial charge in [0.25, 0.3) is 0 Å². The first-order valence-electron chi connectivity index (χ1n) is 10.3. The lowest BCUT2D eigenvalue weighted by atomic mass is 10.1. The molecule has 1 unspecified atom stereocenters. The Kier molecular flexibility index (Phi) is 10.6. The summed E-state index contributed by atoms with van der Waals surface area (Å²) in [5.41, 5.74) is 0.863. The van der Waals surface area contributed by atoms with Crippen LogP contribution in [-0.2, 0) is 6.42 Å². The van der Waals surface area contributed by atoms with Gasteiger partial charge in [-0.2, -0.15) is 0 Å². The van der Waals surface area contributed by atoms with Gasteiger partial charge in [-0.05, 0) is 49.4 Å². The number of para-hydroxylation sites is 1. The molecule has 0 amide bonds. The van der Waals surface area contributed by atoms with Crippen molar-refractivity contribution in [2.75, 3.05) is 39.0 Å². The molecule has 5 nitrogen and oxygen atoms in total. The van der Waals surface area contributed by atoms with Crippen molar-refractivity contribution in [2.24, 2.45) is 10.9 Å². The van der Waals surface area contributed by atoms with Crippen LogP contribution in [0, 0.1) is 5.92 Å².